The summed E-state index contributed by atoms with van der Waals surface area (Å²) in [6.45, 7) is 5.40. The van der Waals surface area contributed by atoms with Crippen LogP contribution in [-0.4, -0.2) is 24.8 Å². The van der Waals surface area contributed by atoms with Gasteiger partial charge in [0.2, 0.25) is 5.89 Å². The van der Waals surface area contributed by atoms with E-state index < -0.39 is 20.5 Å². The minimum Gasteiger partial charge on any atom is -0.399 e. The van der Waals surface area contributed by atoms with E-state index in [0.29, 0.717) is 11.6 Å². The first-order valence-electron chi connectivity index (χ1n) is 6.51. The monoisotopic (exact) mass is 309 g/mol. The van der Waals surface area contributed by atoms with Gasteiger partial charge in [0.25, 0.3) is 0 Å². The zero-order valence-corrected chi connectivity index (χ0v) is 13.3. The standard InChI is InChI=1S/C14H19N3O3S/c1-9(21(4,18)19)12-16-13(20-17-12)14(2,3)10-5-7-11(15)8-6-10/h5-9H,15H2,1-4H3. The molecule has 21 heavy (non-hydrogen) atoms. The molecule has 0 spiro atoms. The third-order valence-electron chi connectivity index (χ3n) is 3.61. The molecule has 2 rings (SSSR count). The van der Waals surface area contributed by atoms with E-state index in [1.165, 1.54) is 0 Å². The second-order valence-electron chi connectivity index (χ2n) is 5.68. The second kappa shape index (κ2) is 5.14. The first kappa shape index (κ1) is 15.5. The average molecular weight is 309 g/mol. The normalized spacial score (nSPS) is 14.1. The fourth-order valence-electron chi connectivity index (χ4n) is 1.87. The number of nitrogens with zero attached hydrogens (tertiary/aromatic N) is 2. The van der Waals surface area contributed by atoms with Gasteiger partial charge in [0.1, 0.15) is 5.25 Å². The minimum absolute atomic E-state index is 0.177. The van der Waals surface area contributed by atoms with E-state index in [1.54, 1.807) is 19.1 Å². The van der Waals surface area contributed by atoms with Crippen molar-refractivity contribution in [3.05, 3.63) is 41.5 Å². The van der Waals surface area contributed by atoms with E-state index in [1.807, 2.05) is 26.0 Å². The predicted molar refractivity (Wildman–Crippen MR) is 80.5 cm³/mol. The zero-order valence-electron chi connectivity index (χ0n) is 12.5. The maximum atomic E-state index is 11.6. The third kappa shape index (κ3) is 3.07. The van der Waals surface area contributed by atoms with Gasteiger partial charge in [0.15, 0.2) is 15.7 Å². The summed E-state index contributed by atoms with van der Waals surface area (Å²) in [6.07, 6.45) is 1.15. The second-order valence-corrected chi connectivity index (χ2v) is 8.04. The minimum atomic E-state index is -3.26. The van der Waals surface area contributed by atoms with E-state index in [4.69, 9.17) is 10.3 Å². The van der Waals surface area contributed by atoms with Crippen LogP contribution in [0, 0.1) is 0 Å². The molecule has 6 nitrogen and oxygen atoms in total. The molecule has 114 valence electrons. The summed E-state index contributed by atoms with van der Waals surface area (Å²) in [5, 5.41) is 3.01. The SMILES string of the molecule is CC(c1noc(C(C)(C)c2ccc(N)cc2)n1)S(C)(=O)=O. The van der Waals surface area contributed by atoms with Crippen LogP contribution in [0.5, 0.6) is 0 Å². The number of anilines is 1. The zero-order chi connectivity index (χ0) is 15.8. The van der Waals surface area contributed by atoms with Crippen LogP contribution >= 0.6 is 0 Å². The Labute approximate surface area is 124 Å². The number of hydrogen-bond donors (Lipinski definition) is 1. The molecule has 7 heteroatoms. The number of rotatable bonds is 4. The number of aromatic nitrogens is 2. The fraction of sp³-hybridized carbons (Fsp3) is 0.429. The van der Waals surface area contributed by atoms with Gasteiger partial charge in [-0.1, -0.05) is 17.3 Å². The quantitative estimate of drug-likeness (QED) is 0.868. The van der Waals surface area contributed by atoms with Gasteiger partial charge >= 0.3 is 0 Å². The van der Waals surface area contributed by atoms with Crippen LogP contribution in [0.25, 0.3) is 0 Å². The molecule has 2 aromatic rings. The first-order chi connectivity index (χ1) is 9.62. The smallest absolute Gasteiger partial charge is 0.236 e. The van der Waals surface area contributed by atoms with Gasteiger partial charge in [0.05, 0.1) is 5.41 Å². The Balaban J connectivity index is 2.38. The molecule has 0 saturated carbocycles. The summed E-state index contributed by atoms with van der Waals surface area (Å²) in [5.74, 6) is 0.550. The number of sulfone groups is 1. The molecule has 0 amide bonds. The molecular weight excluding hydrogens is 290 g/mol. The molecule has 0 aliphatic rings. The van der Waals surface area contributed by atoms with Crippen LogP contribution in [0.3, 0.4) is 0 Å². The largest absolute Gasteiger partial charge is 0.399 e. The molecule has 1 aromatic carbocycles. The van der Waals surface area contributed by atoms with Crippen molar-refractivity contribution in [2.24, 2.45) is 0 Å². The van der Waals surface area contributed by atoms with Gasteiger partial charge in [0, 0.05) is 11.9 Å². The molecule has 1 unspecified atom stereocenters. The molecule has 1 heterocycles. The van der Waals surface area contributed by atoms with Gasteiger partial charge in [-0.25, -0.2) is 8.42 Å². The molecule has 2 N–H and O–H groups in total. The molecule has 0 aliphatic heterocycles. The Morgan fingerprint density at radius 3 is 2.33 bits per heavy atom. The van der Waals surface area contributed by atoms with Gasteiger partial charge < -0.3 is 10.3 Å². The molecule has 0 fully saturated rings. The Kier molecular flexibility index (Phi) is 3.79. The van der Waals surface area contributed by atoms with Crippen LogP contribution in [-0.2, 0) is 15.3 Å². The van der Waals surface area contributed by atoms with E-state index in [9.17, 15) is 8.42 Å². The summed E-state index contributed by atoms with van der Waals surface area (Å²) in [7, 11) is -3.26. The Morgan fingerprint density at radius 2 is 1.81 bits per heavy atom. The Morgan fingerprint density at radius 1 is 1.24 bits per heavy atom. The van der Waals surface area contributed by atoms with Gasteiger partial charge in [-0.15, -0.1) is 0 Å². The number of nitrogens with two attached hydrogens (primary N) is 1. The number of benzene rings is 1. The predicted octanol–water partition coefficient (Wildman–Crippen LogP) is 2.08. The number of nitrogen functional groups attached to an aromatic ring is 1. The summed E-state index contributed by atoms with van der Waals surface area (Å²) in [6, 6.07) is 7.37. The van der Waals surface area contributed by atoms with Crippen molar-refractivity contribution in [1.82, 2.24) is 10.1 Å². The van der Waals surface area contributed by atoms with E-state index in [-0.39, 0.29) is 5.82 Å². The molecule has 0 radical (unpaired) electrons. The summed E-state index contributed by atoms with van der Waals surface area (Å²) >= 11 is 0. The highest BCUT2D eigenvalue weighted by atomic mass is 32.2. The average Bonchev–Trinajstić information content (AvgIpc) is 2.87. The molecule has 0 aliphatic carbocycles. The van der Waals surface area contributed by atoms with E-state index >= 15 is 0 Å². The molecule has 0 saturated heterocycles. The summed E-state index contributed by atoms with van der Waals surface area (Å²) < 4.78 is 28.4. The topological polar surface area (TPSA) is 99.1 Å². The molecule has 1 aromatic heterocycles. The summed E-state index contributed by atoms with van der Waals surface area (Å²) in [5.41, 5.74) is 6.78. The van der Waals surface area contributed by atoms with Crippen molar-refractivity contribution in [1.29, 1.82) is 0 Å². The fourth-order valence-corrected chi connectivity index (χ4v) is 2.35. The van der Waals surface area contributed by atoms with Gasteiger partial charge in [-0.3, -0.25) is 0 Å². The maximum Gasteiger partial charge on any atom is 0.236 e. The van der Waals surface area contributed by atoms with Crippen molar-refractivity contribution in [2.45, 2.75) is 31.4 Å². The van der Waals surface area contributed by atoms with Crippen LogP contribution in [0.4, 0.5) is 5.69 Å². The maximum absolute atomic E-state index is 11.6. The Bertz CT molecular complexity index is 733. The highest BCUT2D eigenvalue weighted by molar-refractivity contribution is 7.90. The molecular formula is C14H19N3O3S. The molecule has 1 atom stereocenters. The van der Waals surface area contributed by atoms with E-state index in [0.717, 1.165) is 11.8 Å². The lowest BCUT2D eigenvalue weighted by Crippen LogP contribution is -2.20. The van der Waals surface area contributed by atoms with Crippen LogP contribution in [0.1, 0.15) is 43.3 Å². The number of hydrogen-bond acceptors (Lipinski definition) is 6. The molecule has 0 bridgehead atoms. The van der Waals surface area contributed by atoms with Crippen molar-refractivity contribution in [3.63, 3.8) is 0 Å². The van der Waals surface area contributed by atoms with Gasteiger partial charge in [-0.2, -0.15) is 4.98 Å². The van der Waals surface area contributed by atoms with Crippen LogP contribution < -0.4 is 5.73 Å². The highest BCUT2D eigenvalue weighted by Gasteiger charge is 2.32. The van der Waals surface area contributed by atoms with Crippen molar-refractivity contribution < 1.29 is 12.9 Å². The lowest BCUT2D eigenvalue weighted by atomic mass is 9.84. The lowest BCUT2D eigenvalue weighted by molar-refractivity contribution is 0.329. The van der Waals surface area contributed by atoms with Gasteiger partial charge in [-0.05, 0) is 38.5 Å². The third-order valence-corrected chi connectivity index (χ3v) is 5.11. The highest BCUT2D eigenvalue weighted by Crippen LogP contribution is 2.31. The van der Waals surface area contributed by atoms with Crippen LogP contribution in [0.2, 0.25) is 0 Å². The van der Waals surface area contributed by atoms with E-state index in [2.05, 4.69) is 10.1 Å². The Hall–Kier alpha value is -1.89. The van der Waals surface area contributed by atoms with Crippen molar-refractivity contribution in [3.8, 4) is 0 Å². The van der Waals surface area contributed by atoms with Crippen LogP contribution in [0.15, 0.2) is 28.8 Å². The first-order valence-corrected chi connectivity index (χ1v) is 8.47. The lowest BCUT2D eigenvalue weighted by Gasteiger charge is -2.20. The van der Waals surface area contributed by atoms with Crippen molar-refractivity contribution in [2.75, 3.05) is 12.0 Å². The summed E-state index contributed by atoms with van der Waals surface area (Å²) in [4.78, 5) is 4.26. The van der Waals surface area contributed by atoms with Crippen molar-refractivity contribution >= 4 is 15.5 Å².